The Hall–Kier alpha value is -2.57. The van der Waals surface area contributed by atoms with Gasteiger partial charge in [-0.1, -0.05) is 19.1 Å². The summed E-state index contributed by atoms with van der Waals surface area (Å²) in [4.78, 5) is 7.19. The number of aliphatic imine (C=N–C) groups is 1. The van der Waals surface area contributed by atoms with Crippen molar-refractivity contribution in [2.45, 2.75) is 39.3 Å². The van der Waals surface area contributed by atoms with E-state index in [4.69, 9.17) is 9.73 Å². The predicted molar refractivity (Wildman–Crippen MR) is 102 cm³/mol. The average molecular weight is 356 g/mol. The van der Waals surface area contributed by atoms with Crippen LogP contribution in [0.5, 0.6) is 5.75 Å². The molecule has 3 rings (SSSR count). The normalized spacial score (nSPS) is 14.7. The molecule has 0 saturated carbocycles. The van der Waals surface area contributed by atoms with Crippen LogP contribution in [0.4, 0.5) is 0 Å². The van der Waals surface area contributed by atoms with E-state index in [-0.39, 0.29) is 0 Å². The van der Waals surface area contributed by atoms with Gasteiger partial charge in [-0.15, -0.1) is 10.2 Å². The van der Waals surface area contributed by atoms with Crippen LogP contribution in [0, 0.1) is 0 Å². The molecule has 0 spiro atoms. The lowest BCUT2D eigenvalue weighted by Crippen LogP contribution is -2.41. The smallest absolute Gasteiger partial charge is 0.194 e. The van der Waals surface area contributed by atoms with Crippen LogP contribution in [-0.4, -0.2) is 52.4 Å². The third kappa shape index (κ3) is 4.74. The Morgan fingerprint density at radius 2 is 2.00 bits per heavy atom. The van der Waals surface area contributed by atoms with E-state index in [0.717, 1.165) is 50.1 Å². The van der Waals surface area contributed by atoms with Crippen molar-refractivity contribution in [3.63, 3.8) is 0 Å². The number of guanidine groups is 1. The topological polar surface area (TPSA) is 67.6 Å². The zero-order chi connectivity index (χ0) is 18.2. The first kappa shape index (κ1) is 18.2. The Morgan fingerprint density at radius 3 is 2.69 bits per heavy atom. The van der Waals surface area contributed by atoms with Crippen LogP contribution in [0.2, 0.25) is 0 Å². The summed E-state index contributed by atoms with van der Waals surface area (Å²) < 4.78 is 7.31. The van der Waals surface area contributed by atoms with Crippen LogP contribution in [0.15, 0.2) is 35.6 Å². The molecule has 26 heavy (non-hydrogen) atoms. The Bertz CT molecular complexity index is 703. The lowest BCUT2D eigenvalue weighted by molar-refractivity contribution is 0.414. The van der Waals surface area contributed by atoms with Gasteiger partial charge in [-0.3, -0.25) is 0 Å². The van der Waals surface area contributed by atoms with Crippen molar-refractivity contribution in [3.8, 4) is 5.75 Å². The summed E-state index contributed by atoms with van der Waals surface area (Å²) in [5, 5.41) is 11.6. The van der Waals surface area contributed by atoms with Gasteiger partial charge in [0.1, 0.15) is 17.9 Å². The SMILES string of the molecule is CCc1nncn1CCNC(=NCc1ccc(OC)cc1)N1CCCC1. The Balaban J connectivity index is 1.60. The Kier molecular flexibility index (Phi) is 6.46. The first-order valence-corrected chi connectivity index (χ1v) is 9.33. The van der Waals surface area contributed by atoms with E-state index in [1.807, 2.05) is 12.1 Å². The number of nitrogens with zero attached hydrogens (tertiary/aromatic N) is 5. The molecule has 1 aliphatic rings. The van der Waals surface area contributed by atoms with Gasteiger partial charge in [0.05, 0.1) is 13.7 Å². The number of ether oxygens (including phenoxy) is 1. The van der Waals surface area contributed by atoms with Crippen molar-refractivity contribution >= 4 is 5.96 Å². The van der Waals surface area contributed by atoms with Crippen LogP contribution >= 0.6 is 0 Å². The second kappa shape index (κ2) is 9.22. The summed E-state index contributed by atoms with van der Waals surface area (Å²) in [5.41, 5.74) is 1.18. The first-order chi connectivity index (χ1) is 12.8. The molecule has 0 amide bonds. The van der Waals surface area contributed by atoms with E-state index < -0.39 is 0 Å². The molecular weight excluding hydrogens is 328 g/mol. The Labute approximate surface area is 155 Å². The molecule has 7 heteroatoms. The molecule has 1 aromatic carbocycles. The third-order valence-corrected chi connectivity index (χ3v) is 4.62. The molecule has 2 aromatic rings. The number of hydrogen-bond acceptors (Lipinski definition) is 4. The maximum atomic E-state index is 5.21. The minimum atomic E-state index is 0.662. The van der Waals surface area contributed by atoms with Crippen LogP contribution in [0.25, 0.3) is 0 Å². The van der Waals surface area contributed by atoms with Crippen molar-refractivity contribution < 1.29 is 4.74 Å². The lowest BCUT2D eigenvalue weighted by Gasteiger charge is -2.21. The van der Waals surface area contributed by atoms with Gasteiger partial charge in [-0.2, -0.15) is 0 Å². The van der Waals surface area contributed by atoms with Crippen LogP contribution in [0.3, 0.4) is 0 Å². The van der Waals surface area contributed by atoms with Crippen molar-refractivity contribution in [1.29, 1.82) is 0 Å². The number of hydrogen-bond donors (Lipinski definition) is 1. The van der Waals surface area contributed by atoms with Crippen molar-refractivity contribution in [2.75, 3.05) is 26.7 Å². The quantitative estimate of drug-likeness (QED) is 0.608. The number of aromatic nitrogens is 3. The molecule has 1 aliphatic heterocycles. The summed E-state index contributed by atoms with van der Waals surface area (Å²) in [5.74, 6) is 2.88. The van der Waals surface area contributed by atoms with E-state index in [0.29, 0.717) is 6.54 Å². The molecule has 0 unspecified atom stereocenters. The minimum absolute atomic E-state index is 0.662. The molecule has 2 heterocycles. The maximum absolute atomic E-state index is 5.21. The number of likely N-dealkylation sites (tertiary alicyclic amines) is 1. The molecule has 1 N–H and O–H groups in total. The molecule has 7 nitrogen and oxygen atoms in total. The van der Waals surface area contributed by atoms with E-state index in [9.17, 15) is 0 Å². The summed E-state index contributed by atoms with van der Waals surface area (Å²) in [6.07, 6.45) is 5.15. The van der Waals surface area contributed by atoms with E-state index in [1.54, 1.807) is 13.4 Å². The van der Waals surface area contributed by atoms with Gasteiger partial charge < -0.3 is 19.5 Å². The largest absolute Gasteiger partial charge is 0.497 e. The highest BCUT2D eigenvalue weighted by Crippen LogP contribution is 2.13. The van der Waals surface area contributed by atoms with Crippen molar-refractivity contribution in [2.24, 2.45) is 4.99 Å². The molecule has 1 saturated heterocycles. The van der Waals surface area contributed by atoms with E-state index in [2.05, 4.69) is 44.0 Å². The second-order valence-corrected chi connectivity index (χ2v) is 6.40. The fourth-order valence-corrected chi connectivity index (χ4v) is 3.12. The number of nitrogens with one attached hydrogen (secondary N) is 1. The maximum Gasteiger partial charge on any atom is 0.194 e. The molecule has 1 fully saturated rings. The standard InChI is InChI=1S/C19H28N6O/c1-3-18-23-22-15-25(18)13-10-20-19(24-11-4-5-12-24)21-14-16-6-8-17(26-2)9-7-16/h6-9,15H,3-5,10-14H2,1-2H3,(H,20,21). The van der Waals surface area contributed by atoms with Gasteiger partial charge in [0.2, 0.25) is 0 Å². The third-order valence-electron chi connectivity index (χ3n) is 4.62. The predicted octanol–water partition coefficient (Wildman–Crippen LogP) is 2.09. The summed E-state index contributed by atoms with van der Waals surface area (Å²) in [7, 11) is 1.68. The van der Waals surface area contributed by atoms with Crippen LogP contribution in [0.1, 0.15) is 31.2 Å². The van der Waals surface area contributed by atoms with Crippen molar-refractivity contribution in [1.82, 2.24) is 25.0 Å². The molecule has 0 radical (unpaired) electrons. The van der Waals surface area contributed by atoms with Gasteiger partial charge in [0.15, 0.2) is 5.96 Å². The molecule has 1 aromatic heterocycles. The minimum Gasteiger partial charge on any atom is -0.497 e. The number of aryl methyl sites for hydroxylation is 1. The molecule has 0 bridgehead atoms. The lowest BCUT2D eigenvalue weighted by atomic mass is 10.2. The van der Waals surface area contributed by atoms with Gasteiger partial charge >= 0.3 is 0 Å². The number of methoxy groups -OCH3 is 1. The highest BCUT2D eigenvalue weighted by atomic mass is 16.5. The van der Waals surface area contributed by atoms with Gasteiger partial charge in [0, 0.05) is 32.6 Å². The van der Waals surface area contributed by atoms with E-state index in [1.165, 1.54) is 18.4 Å². The second-order valence-electron chi connectivity index (χ2n) is 6.40. The molecular formula is C19H28N6O. The van der Waals surface area contributed by atoms with E-state index >= 15 is 0 Å². The summed E-state index contributed by atoms with van der Waals surface area (Å²) in [6.45, 7) is 6.55. The molecule has 0 aliphatic carbocycles. The average Bonchev–Trinajstić information content (AvgIpc) is 3.36. The zero-order valence-electron chi connectivity index (χ0n) is 15.7. The summed E-state index contributed by atoms with van der Waals surface area (Å²) >= 11 is 0. The fraction of sp³-hybridized carbons (Fsp3) is 0.526. The molecule has 140 valence electrons. The number of benzene rings is 1. The van der Waals surface area contributed by atoms with Crippen LogP contribution < -0.4 is 10.1 Å². The highest BCUT2D eigenvalue weighted by molar-refractivity contribution is 5.80. The fourth-order valence-electron chi connectivity index (χ4n) is 3.12. The van der Waals surface area contributed by atoms with Crippen LogP contribution in [-0.2, 0) is 19.5 Å². The van der Waals surface area contributed by atoms with Crippen molar-refractivity contribution in [3.05, 3.63) is 42.0 Å². The number of rotatable bonds is 7. The van der Waals surface area contributed by atoms with Gasteiger partial charge in [-0.05, 0) is 30.5 Å². The molecule has 0 atom stereocenters. The monoisotopic (exact) mass is 356 g/mol. The summed E-state index contributed by atoms with van der Waals surface area (Å²) in [6, 6.07) is 8.08. The van der Waals surface area contributed by atoms with Gasteiger partial charge in [-0.25, -0.2) is 4.99 Å². The highest BCUT2D eigenvalue weighted by Gasteiger charge is 2.16. The van der Waals surface area contributed by atoms with Gasteiger partial charge in [0.25, 0.3) is 0 Å². The zero-order valence-corrected chi connectivity index (χ0v) is 15.7. The first-order valence-electron chi connectivity index (χ1n) is 9.33. The Morgan fingerprint density at radius 1 is 1.23 bits per heavy atom.